The molecule has 0 aliphatic carbocycles. The number of hydrogen-bond donors (Lipinski definition) is 2. The maximum absolute atomic E-state index is 12.1. The van der Waals surface area contributed by atoms with E-state index in [1.54, 1.807) is 4.90 Å². The summed E-state index contributed by atoms with van der Waals surface area (Å²) in [6.45, 7) is 9.47. The van der Waals surface area contributed by atoms with E-state index < -0.39 is 0 Å². The number of benzene rings is 1. The molecular formula is C16H26N2O2. The first-order valence-corrected chi connectivity index (χ1v) is 7.15. The number of urea groups is 1. The summed E-state index contributed by atoms with van der Waals surface area (Å²) in [5.74, 6) is 0. The first kappa shape index (κ1) is 16.5. The predicted octanol–water partition coefficient (Wildman–Crippen LogP) is 3.22. The van der Waals surface area contributed by atoms with Gasteiger partial charge in [0.05, 0.1) is 6.61 Å². The van der Waals surface area contributed by atoms with Gasteiger partial charge in [0, 0.05) is 18.8 Å². The number of aliphatic hydroxyl groups is 1. The molecule has 20 heavy (non-hydrogen) atoms. The maximum atomic E-state index is 12.1. The maximum Gasteiger partial charge on any atom is 0.321 e. The van der Waals surface area contributed by atoms with Gasteiger partial charge in [-0.2, -0.15) is 0 Å². The fourth-order valence-corrected chi connectivity index (χ4v) is 1.96. The summed E-state index contributed by atoms with van der Waals surface area (Å²) in [6.07, 6.45) is 0.871. The van der Waals surface area contributed by atoms with Crippen LogP contribution < -0.4 is 5.32 Å². The van der Waals surface area contributed by atoms with Gasteiger partial charge in [-0.1, -0.05) is 39.8 Å². The second-order valence-corrected chi connectivity index (χ2v) is 5.97. The standard InChI is InChI=1S/C16H26N2O2/c1-5-10-18(11-12-19)15(20)17-14-8-6-13(7-9-14)16(2,3)4/h6-9,19H,5,10-12H2,1-4H3,(H,17,20). The lowest BCUT2D eigenvalue weighted by atomic mass is 9.87. The van der Waals surface area contributed by atoms with Crippen LogP contribution in [0.5, 0.6) is 0 Å². The average molecular weight is 278 g/mol. The molecule has 0 radical (unpaired) electrons. The summed E-state index contributed by atoms with van der Waals surface area (Å²) in [4.78, 5) is 13.7. The van der Waals surface area contributed by atoms with Crippen molar-refractivity contribution in [3.8, 4) is 0 Å². The van der Waals surface area contributed by atoms with Gasteiger partial charge in [-0.05, 0) is 29.5 Å². The monoisotopic (exact) mass is 278 g/mol. The molecule has 0 spiro atoms. The summed E-state index contributed by atoms with van der Waals surface area (Å²) in [5, 5.41) is 11.8. The molecular weight excluding hydrogens is 252 g/mol. The van der Waals surface area contributed by atoms with Crippen LogP contribution >= 0.6 is 0 Å². The zero-order valence-corrected chi connectivity index (χ0v) is 12.9. The van der Waals surface area contributed by atoms with E-state index in [0.717, 1.165) is 12.1 Å². The summed E-state index contributed by atoms with van der Waals surface area (Å²) in [5.41, 5.74) is 2.12. The molecule has 4 nitrogen and oxygen atoms in total. The minimum Gasteiger partial charge on any atom is -0.395 e. The van der Waals surface area contributed by atoms with Crippen LogP contribution in [0.25, 0.3) is 0 Å². The lowest BCUT2D eigenvalue weighted by Crippen LogP contribution is -2.37. The minimum atomic E-state index is -0.163. The summed E-state index contributed by atoms with van der Waals surface area (Å²) in [7, 11) is 0. The number of rotatable bonds is 5. The Morgan fingerprint density at radius 3 is 2.25 bits per heavy atom. The third-order valence-electron chi connectivity index (χ3n) is 3.15. The smallest absolute Gasteiger partial charge is 0.321 e. The van der Waals surface area contributed by atoms with E-state index in [-0.39, 0.29) is 18.1 Å². The molecule has 0 bridgehead atoms. The van der Waals surface area contributed by atoms with Gasteiger partial charge in [0.15, 0.2) is 0 Å². The molecule has 0 aromatic heterocycles. The van der Waals surface area contributed by atoms with Gasteiger partial charge in [-0.3, -0.25) is 0 Å². The quantitative estimate of drug-likeness (QED) is 0.869. The van der Waals surface area contributed by atoms with Crippen LogP contribution in [0.4, 0.5) is 10.5 Å². The van der Waals surface area contributed by atoms with E-state index >= 15 is 0 Å². The molecule has 0 saturated heterocycles. The lowest BCUT2D eigenvalue weighted by molar-refractivity contribution is 0.188. The molecule has 1 aromatic rings. The van der Waals surface area contributed by atoms with Crippen LogP contribution in [0.2, 0.25) is 0 Å². The first-order chi connectivity index (χ1) is 9.38. The van der Waals surface area contributed by atoms with E-state index in [1.165, 1.54) is 5.56 Å². The van der Waals surface area contributed by atoms with Crippen molar-refractivity contribution < 1.29 is 9.90 Å². The van der Waals surface area contributed by atoms with Crippen molar-refractivity contribution in [2.45, 2.75) is 39.5 Å². The molecule has 0 heterocycles. The van der Waals surface area contributed by atoms with Crippen LogP contribution in [0, 0.1) is 0 Å². The number of carbonyl (C=O) groups excluding carboxylic acids is 1. The van der Waals surface area contributed by atoms with E-state index in [2.05, 4.69) is 26.1 Å². The number of nitrogens with one attached hydrogen (secondary N) is 1. The number of carbonyl (C=O) groups is 1. The van der Waals surface area contributed by atoms with Gasteiger partial charge >= 0.3 is 6.03 Å². The SMILES string of the molecule is CCCN(CCO)C(=O)Nc1ccc(C(C)(C)C)cc1. The lowest BCUT2D eigenvalue weighted by Gasteiger charge is -2.22. The number of hydrogen-bond acceptors (Lipinski definition) is 2. The average Bonchev–Trinajstić information content (AvgIpc) is 2.38. The molecule has 0 aliphatic heterocycles. The van der Waals surface area contributed by atoms with Gasteiger partial charge in [-0.25, -0.2) is 4.79 Å². The molecule has 0 saturated carbocycles. The zero-order valence-electron chi connectivity index (χ0n) is 12.9. The van der Waals surface area contributed by atoms with Gasteiger partial charge in [0.25, 0.3) is 0 Å². The van der Waals surface area contributed by atoms with Crippen molar-refractivity contribution in [1.29, 1.82) is 0 Å². The highest BCUT2D eigenvalue weighted by Crippen LogP contribution is 2.23. The predicted molar refractivity (Wildman–Crippen MR) is 83.1 cm³/mol. The van der Waals surface area contributed by atoms with Crippen LogP contribution in [0.3, 0.4) is 0 Å². The van der Waals surface area contributed by atoms with Crippen molar-refractivity contribution >= 4 is 11.7 Å². The van der Waals surface area contributed by atoms with Crippen molar-refractivity contribution in [1.82, 2.24) is 4.90 Å². The Kier molecular flexibility index (Phi) is 6.02. The van der Waals surface area contributed by atoms with E-state index in [1.807, 2.05) is 31.2 Å². The summed E-state index contributed by atoms with van der Waals surface area (Å²) >= 11 is 0. The highest BCUT2D eigenvalue weighted by Gasteiger charge is 2.14. The molecule has 112 valence electrons. The molecule has 0 aliphatic rings. The highest BCUT2D eigenvalue weighted by molar-refractivity contribution is 5.89. The number of nitrogens with zero attached hydrogens (tertiary/aromatic N) is 1. The minimum absolute atomic E-state index is 0.0175. The molecule has 2 N–H and O–H groups in total. The number of aliphatic hydroxyl groups excluding tert-OH is 1. The number of amides is 2. The van der Waals surface area contributed by atoms with Crippen molar-refractivity contribution in [2.24, 2.45) is 0 Å². The van der Waals surface area contributed by atoms with Crippen molar-refractivity contribution in [2.75, 3.05) is 25.0 Å². The Morgan fingerprint density at radius 1 is 1.20 bits per heavy atom. The van der Waals surface area contributed by atoms with Crippen molar-refractivity contribution in [3.05, 3.63) is 29.8 Å². The fraction of sp³-hybridized carbons (Fsp3) is 0.562. The van der Waals surface area contributed by atoms with E-state index in [4.69, 9.17) is 5.11 Å². The fourth-order valence-electron chi connectivity index (χ4n) is 1.96. The van der Waals surface area contributed by atoms with Gasteiger partial charge < -0.3 is 15.3 Å². The molecule has 4 heteroatoms. The Balaban J connectivity index is 2.70. The second-order valence-electron chi connectivity index (χ2n) is 5.97. The normalized spacial score (nSPS) is 11.2. The first-order valence-electron chi connectivity index (χ1n) is 7.15. The van der Waals surface area contributed by atoms with Crippen LogP contribution in [0.1, 0.15) is 39.7 Å². The Hall–Kier alpha value is -1.55. The topological polar surface area (TPSA) is 52.6 Å². The van der Waals surface area contributed by atoms with Crippen LogP contribution in [-0.4, -0.2) is 35.7 Å². The third kappa shape index (κ3) is 4.85. The Labute approximate surface area is 121 Å². The molecule has 1 aromatic carbocycles. The van der Waals surface area contributed by atoms with Gasteiger partial charge in [-0.15, -0.1) is 0 Å². The highest BCUT2D eigenvalue weighted by atomic mass is 16.3. The van der Waals surface area contributed by atoms with Crippen LogP contribution in [-0.2, 0) is 5.41 Å². The van der Waals surface area contributed by atoms with Gasteiger partial charge in [0.1, 0.15) is 0 Å². The zero-order chi connectivity index (χ0) is 15.2. The number of anilines is 1. The Morgan fingerprint density at radius 2 is 1.80 bits per heavy atom. The molecule has 2 amide bonds. The Bertz CT molecular complexity index is 415. The van der Waals surface area contributed by atoms with Crippen LogP contribution in [0.15, 0.2) is 24.3 Å². The summed E-state index contributed by atoms with van der Waals surface area (Å²) < 4.78 is 0. The molecule has 0 fully saturated rings. The van der Waals surface area contributed by atoms with E-state index in [9.17, 15) is 4.79 Å². The van der Waals surface area contributed by atoms with Crippen molar-refractivity contribution in [3.63, 3.8) is 0 Å². The molecule has 1 rings (SSSR count). The largest absolute Gasteiger partial charge is 0.395 e. The molecule has 0 unspecified atom stereocenters. The molecule has 0 atom stereocenters. The third-order valence-corrected chi connectivity index (χ3v) is 3.15. The summed E-state index contributed by atoms with van der Waals surface area (Å²) in [6, 6.07) is 7.74. The van der Waals surface area contributed by atoms with E-state index in [0.29, 0.717) is 13.1 Å². The van der Waals surface area contributed by atoms with Gasteiger partial charge in [0.2, 0.25) is 0 Å². The second kappa shape index (κ2) is 7.29.